The van der Waals surface area contributed by atoms with Crippen molar-refractivity contribution in [3.63, 3.8) is 0 Å². The van der Waals surface area contributed by atoms with Gasteiger partial charge >= 0.3 is 0 Å². The van der Waals surface area contributed by atoms with Gasteiger partial charge in [-0.05, 0) is 19.4 Å². The van der Waals surface area contributed by atoms with Gasteiger partial charge in [-0.15, -0.1) is 0 Å². The van der Waals surface area contributed by atoms with Gasteiger partial charge in [-0.3, -0.25) is 10.1 Å². The number of hydrogen-bond acceptors (Lipinski definition) is 4. The maximum atomic E-state index is 10.5. The van der Waals surface area contributed by atoms with Gasteiger partial charge in [0.25, 0.3) is 5.70 Å². The largest absolute Gasteiger partial charge is 0.358 e. The Labute approximate surface area is 76.2 Å². The van der Waals surface area contributed by atoms with Crippen LogP contribution in [0, 0.1) is 10.1 Å². The van der Waals surface area contributed by atoms with Crippen LogP contribution >= 0.6 is 0 Å². The van der Waals surface area contributed by atoms with E-state index in [0.29, 0.717) is 5.70 Å². The van der Waals surface area contributed by atoms with Crippen molar-refractivity contribution in [1.82, 2.24) is 5.32 Å². The third-order valence-corrected chi connectivity index (χ3v) is 1.94. The summed E-state index contributed by atoms with van der Waals surface area (Å²) in [6.07, 6.45) is 1.28. The van der Waals surface area contributed by atoms with Gasteiger partial charge in [0.15, 0.2) is 0 Å². The minimum atomic E-state index is -0.405. The molecule has 0 aliphatic carbocycles. The predicted octanol–water partition coefficient (Wildman–Crippen LogP) is 1.02. The molecule has 5 heteroatoms. The number of dihydropyridines is 1. The van der Waals surface area contributed by atoms with Crippen LogP contribution in [0.1, 0.15) is 13.8 Å². The van der Waals surface area contributed by atoms with Crippen molar-refractivity contribution in [2.24, 2.45) is 0 Å². The van der Waals surface area contributed by atoms with E-state index in [9.17, 15) is 10.1 Å². The molecule has 0 aromatic carbocycles. The smallest absolute Gasteiger partial charge is 0.288 e. The monoisotopic (exact) mass is 184 g/mol. The van der Waals surface area contributed by atoms with Gasteiger partial charge in [-0.1, -0.05) is 0 Å². The normalized spacial score (nSPS) is 22.4. The molecule has 13 heavy (non-hydrogen) atoms. The lowest BCUT2D eigenvalue weighted by Crippen LogP contribution is -2.34. The zero-order valence-electron chi connectivity index (χ0n) is 7.83. The van der Waals surface area contributed by atoms with Crippen LogP contribution in [0.15, 0.2) is 23.0 Å². The summed E-state index contributed by atoms with van der Waals surface area (Å²) in [4.78, 5) is 10.1. The molecule has 1 aliphatic rings. The molecule has 1 N–H and O–H groups in total. The van der Waals surface area contributed by atoms with E-state index in [1.54, 1.807) is 21.0 Å². The van der Waals surface area contributed by atoms with E-state index in [2.05, 4.69) is 5.32 Å². The average molecular weight is 184 g/mol. The lowest BCUT2D eigenvalue weighted by molar-refractivity contribution is -0.421. The fraction of sp³-hybridized carbons (Fsp3) is 0.500. The molecule has 1 aliphatic heterocycles. The number of ether oxygens (including phenoxy) is 1. The summed E-state index contributed by atoms with van der Waals surface area (Å²) in [5, 5.41) is 13.4. The number of rotatable bonds is 2. The van der Waals surface area contributed by atoms with Gasteiger partial charge in [0.2, 0.25) is 0 Å². The average Bonchev–Trinajstić information content (AvgIpc) is 2.07. The molecule has 0 saturated carbocycles. The van der Waals surface area contributed by atoms with E-state index >= 15 is 0 Å². The maximum absolute atomic E-state index is 10.5. The van der Waals surface area contributed by atoms with Crippen molar-refractivity contribution in [1.29, 1.82) is 0 Å². The Bertz CT molecular complexity index is 294. The van der Waals surface area contributed by atoms with Crippen molar-refractivity contribution in [3.8, 4) is 0 Å². The Morgan fingerprint density at radius 1 is 1.62 bits per heavy atom. The van der Waals surface area contributed by atoms with Crippen LogP contribution < -0.4 is 5.32 Å². The van der Waals surface area contributed by atoms with E-state index in [1.165, 1.54) is 6.08 Å². The molecule has 0 unspecified atom stereocenters. The quantitative estimate of drug-likeness (QED) is 0.514. The molecule has 0 spiro atoms. The molecule has 0 bridgehead atoms. The highest BCUT2D eigenvalue weighted by atomic mass is 16.6. The molecule has 1 rings (SSSR count). The fourth-order valence-electron chi connectivity index (χ4n) is 1.22. The highest BCUT2D eigenvalue weighted by molar-refractivity contribution is 5.28. The Morgan fingerprint density at radius 2 is 2.23 bits per heavy atom. The minimum absolute atomic E-state index is 0.103. The molecule has 0 fully saturated rings. The molecule has 72 valence electrons. The van der Waals surface area contributed by atoms with E-state index < -0.39 is 4.92 Å². The van der Waals surface area contributed by atoms with Crippen LogP contribution in [0.25, 0.3) is 0 Å². The Balaban J connectivity index is 2.96. The van der Waals surface area contributed by atoms with Gasteiger partial charge < -0.3 is 10.1 Å². The Kier molecular flexibility index (Phi) is 2.67. The molecule has 1 heterocycles. The Hall–Kier alpha value is -1.36. The molecule has 5 nitrogen and oxygen atoms in total. The zero-order valence-corrected chi connectivity index (χ0v) is 7.83. The van der Waals surface area contributed by atoms with Gasteiger partial charge in [-0.25, -0.2) is 0 Å². The van der Waals surface area contributed by atoms with Crippen LogP contribution in [0.3, 0.4) is 0 Å². The van der Waals surface area contributed by atoms with Gasteiger partial charge in [-0.2, -0.15) is 0 Å². The first-order valence-electron chi connectivity index (χ1n) is 3.89. The second-order valence-corrected chi connectivity index (χ2v) is 2.92. The van der Waals surface area contributed by atoms with Crippen LogP contribution in [-0.2, 0) is 4.74 Å². The number of nitrogens with one attached hydrogen (secondary N) is 1. The van der Waals surface area contributed by atoms with Crippen LogP contribution in [0.5, 0.6) is 0 Å². The van der Waals surface area contributed by atoms with Gasteiger partial charge in [0, 0.05) is 13.2 Å². The van der Waals surface area contributed by atoms with E-state index in [1.807, 2.05) is 0 Å². The maximum Gasteiger partial charge on any atom is 0.288 e. The topological polar surface area (TPSA) is 64.4 Å². The second-order valence-electron chi connectivity index (χ2n) is 2.92. The molecule has 0 aromatic heterocycles. The molecule has 0 aromatic rings. The first-order valence-corrected chi connectivity index (χ1v) is 3.89. The number of nitro groups is 1. The zero-order chi connectivity index (χ0) is 10.0. The molecular formula is C8H12N2O3. The first-order chi connectivity index (χ1) is 6.06. The number of hydrogen-bond donors (Lipinski definition) is 1. The molecule has 0 amide bonds. The number of allylic oxidation sites excluding steroid dienone is 2. The van der Waals surface area contributed by atoms with E-state index in [0.717, 1.165) is 5.57 Å². The first kappa shape index (κ1) is 9.73. The van der Waals surface area contributed by atoms with Crippen molar-refractivity contribution >= 4 is 0 Å². The van der Waals surface area contributed by atoms with Gasteiger partial charge in [0.1, 0.15) is 6.23 Å². The third kappa shape index (κ3) is 1.86. The lowest BCUT2D eigenvalue weighted by Gasteiger charge is -2.22. The van der Waals surface area contributed by atoms with Crippen molar-refractivity contribution in [3.05, 3.63) is 33.2 Å². The summed E-state index contributed by atoms with van der Waals surface area (Å²) >= 11 is 0. The predicted molar refractivity (Wildman–Crippen MR) is 47.4 cm³/mol. The molecule has 1 atom stereocenters. The summed E-state index contributed by atoms with van der Waals surface area (Å²) in [5.74, 6) is 0. The summed E-state index contributed by atoms with van der Waals surface area (Å²) in [6.45, 7) is 3.45. The summed E-state index contributed by atoms with van der Waals surface area (Å²) in [7, 11) is 1.56. The fourth-order valence-corrected chi connectivity index (χ4v) is 1.22. The summed E-state index contributed by atoms with van der Waals surface area (Å²) < 4.78 is 5.07. The van der Waals surface area contributed by atoms with E-state index in [-0.39, 0.29) is 11.9 Å². The van der Waals surface area contributed by atoms with Crippen molar-refractivity contribution in [2.75, 3.05) is 7.11 Å². The molecule has 0 saturated heterocycles. The number of nitrogens with zero attached hydrogens (tertiary/aromatic N) is 1. The third-order valence-electron chi connectivity index (χ3n) is 1.94. The highest BCUT2D eigenvalue weighted by Gasteiger charge is 2.23. The molecule has 0 radical (unpaired) electrons. The SMILES string of the molecule is CO[C@@H]1NC(C)=C([N+](=O)[O-])C=C1C. The van der Waals surface area contributed by atoms with Crippen LogP contribution in [-0.4, -0.2) is 18.3 Å². The van der Waals surface area contributed by atoms with Crippen molar-refractivity contribution < 1.29 is 9.66 Å². The summed E-state index contributed by atoms with van der Waals surface area (Å²) in [6, 6.07) is 0. The second kappa shape index (κ2) is 3.57. The lowest BCUT2D eigenvalue weighted by atomic mass is 10.1. The van der Waals surface area contributed by atoms with Crippen molar-refractivity contribution in [2.45, 2.75) is 20.1 Å². The number of methoxy groups -OCH3 is 1. The molecular weight excluding hydrogens is 172 g/mol. The van der Waals surface area contributed by atoms with E-state index in [4.69, 9.17) is 4.74 Å². The van der Waals surface area contributed by atoms with Crippen LogP contribution in [0.2, 0.25) is 0 Å². The van der Waals surface area contributed by atoms with Gasteiger partial charge in [0.05, 0.1) is 10.6 Å². The summed E-state index contributed by atoms with van der Waals surface area (Å²) in [5.41, 5.74) is 1.44. The van der Waals surface area contributed by atoms with Crippen LogP contribution in [0.4, 0.5) is 0 Å². The highest BCUT2D eigenvalue weighted by Crippen LogP contribution is 2.17. The Morgan fingerprint density at radius 3 is 2.69 bits per heavy atom. The standard InChI is InChI=1S/C8H12N2O3/c1-5-4-7(10(11)12)6(2)9-8(5)13-3/h4,8-9H,1-3H3/t8-/m0/s1. The minimum Gasteiger partial charge on any atom is -0.358 e.